The zero-order valence-corrected chi connectivity index (χ0v) is 17.0. The van der Waals surface area contributed by atoms with Gasteiger partial charge in [-0.3, -0.25) is 14.9 Å². The topological polar surface area (TPSA) is 125 Å². The van der Waals surface area contributed by atoms with Crippen LogP contribution in [0.4, 0.5) is 10.1 Å². The lowest BCUT2D eigenvalue weighted by Gasteiger charge is -2.08. The van der Waals surface area contributed by atoms with Gasteiger partial charge in [0, 0.05) is 23.8 Å². The number of non-ortho nitro benzene ring substituents is 1. The number of rotatable bonds is 7. The SMILES string of the molecule is O=C(NCCOc1ccc2nnc(-c3cccc(F)c3)n2n1)c1ccc([N+](=O)[O-])cc1Cl. The van der Waals surface area contributed by atoms with E-state index in [9.17, 15) is 19.3 Å². The van der Waals surface area contributed by atoms with Gasteiger partial charge >= 0.3 is 0 Å². The first-order valence-corrected chi connectivity index (χ1v) is 9.63. The first kappa shape index (κ1) is 21.1. The maximum atomic E-state index is 13.5. The summed E-state index contributed by atoms with van der Waals surface area (Å²) in [5, 5.41) is 25.7. The van der Waals surface area contributed by atoms with Gasteiger partial charge in [0.1, 0.15) is 12.4 Å². The molecule has 0 spiro atoms. The molecule has 0 atom stereocenters. The number of halogens is 2. The number of benzene rings is 2. The highest BCUT2D eigenvalue weighted by Crippen LogP contribution is 2.22. The minimum absolute atomic E-state index is 0.0257. The molecule has 0 bridgehead atoms. The summed E-state index contributed by atoms with van der Waals surface area (Å²) in [7, 11) is 0. The van der Waals surface area contributed by atoms with Crippen LogP contribution in [0.3, 0.4) is 0 Å². The fourth-order valence-electron chi connectivity index (χ4n) is 2.87. The molecule has 0 radical (unpaired) electrons. The normalized spacial score (nSPS) is 10.8. The number of nitro benzene ring substituents is 1. The van der Waals surface area contributed by atoms with E-state index in [1.54, 1.807) is 24.3 Å². The summed E-state index contributed by atoms with van der Waals surface area (Å²) in [6, 6.07) is 12.7. The Morgan fingerprint density at radius 1 is 1.19 bits per heavy atom. The fourth-order valence-corrected chi connectivity index (χ4v) is 3.13. The number of hydrogen-bond acceptors (Lipinski definition) is 7. The van der Waals surface area contributed by atoms with Gasteiger partial charge in [-0.15, -0.1) is 15.3 Å². The summed E-state index contributed by atoms with van der Waals surface area (Å²) in [5.41, 5.74) is 0.871. The van der Waals surface area contributed by atoms with Crippen LogP contribution >= 0.6 is 11.6 Å². The van der Waals surface area contributed by atoms with Crippen LogP contribution < -0.4 is 10.1 Å². The number of amides is 1. The van der Waals surface area contributed by atoms with Gasteiger partial charge in [0.15, 0.2) is 11.5 Å². The second-order valence-electron chi connectivity index (χ2n) is 6.50. The van der Waals surface area contributed by atoms with Crippen molar-refractivity contribution in [3.8, 4) is 17.3 Å². The van der Waals surface area contributed by atoms with Gasteiger partial charge in [-0.25, -0.2) is 4.39 Å². The van der Waals surface area contributed by atoms with Gasteiger partial charge < -0.3 is 10.1 Å². The summed E-state index contributed by atoms with van der Waals surface area (Å²) in [5.74, 6) is -0.303. The van der Waals surface area contributed by atoms with E-state index in [0.29, 0.717) is 17.0 Å². The summed E-state index contributed by atoms with van der Waals surface area (Å²) in [4.78, 5) is 22.4. The van der Waals surface area contributed by atoms with E-state index in [-0.39, 0.29) is 35.3 Å². The predicted octanol–water partition coefficient (Wildman–Crippen LogP) is 3.30. The molecule has 0 aliphatic rings. The van der Waals surface area contributed by atoms with E-state index in [1.165, 1.54) is 28.8 Å². The molecule has 2 heterocycles. The molecule has 2 aromatic carbocycles. The molecule has 10 nitrogen and oxygen atoms in total. The number of carbonyl (C=O) groups is 1. The highest BCUT2D eigenvalue weighted by atomic mass is 35.5. The monoisotopic (exact) mass is 456 g/mol. The van der Waals surface area contributed by atoms with E-state index in [2.05, 4.69) is 20.6 Å². The van der Waals surface area contributed by atoms with Crippen molar-refractivity contribution >= 4 is 28.8 Å². The smallest absolute Gasteiger partial charge is 0.270 e. The van der Waals surface area contributed by atoms with Crippen LogP contribution in [-0.2, 0) is 0 Å². The molecule has 0 saturated heterocycles. The van der Waals surface area contributed by atoms with Gasteiger partial charge in [-0.2, -0.15) is 4.52 Å². The van der Waals surface area contributed by atoms with Crippen LogP contribution in [-0.4, -0.2) is 43.8 Å². The van der Waals surface area contributed by atoms with E-state index in [4.69, 9.17) is 16.3 Å². The summed E-state index contributed by atoms with van der Waals surface area (Å²) < 4.78 is 20.5. The van der Waals surface area contributed by atoms with Crippen molar-refractivity contribution in [3.05, 3.63) is 81.1 Å². The number of nitrogens with one attached hydrogen (secondary N) is 1. The van der Waals surface area contributed by atoms with Gasteiger partial charge in [-0.1, -0.05) is 23.7 Å². The first-order valence-electron chi connectivity index (χ1n) is 9.26. The Bertz CT molecular complexity index is 1330. The minimum atomic E-state index is -0.597. The maximum absolute atomic E-state index is 13.5. The predicted molar refractivity (Wildman–Crippen MR) is 112 cm³/mol. The fraction of sp³-hybridized carbons (Fsp3) is 0.100. The number of aromatic nitrogens is 4. The lowest BCUT2D eigenvalue weighted by atomic mass is 10.2. The van der Waals surface area contributed by atoms with Crippen molar-refractivity contribution in [2.45, 2.75) is 0 Å². The second-order valence-corrected chi connectivity index (χ2v) is 6.91. The van der Waals surface area contributed by atoms with Gasteiger partial charge in [0.2, 0.25) is 5.88 Å². The summed E-state index contributed by atoms with van der Waals surface area (Å²) >= 11 is 5.95. The first-order chi connectivity index (χ1) is 15.4. The summed E-state index contributed by atoms with van der Waals surface area (Å²) in [6.45, 7) is 0.219. The molecule has 0 aliphatic heterocycles. The quantitative estimate of drug-likeness (QED) is 0.257. The Kier molecular flexibility index (Phi) is 5.90. The molecule has 0 fully saturated rings. The molecule has 0 aliphatic carbocycles. The van der Waals surface area contributed by atoms with Gasteiger partial charge in [0.05, 0.1) is 22.1 Å². The average molecular weight is 457 g/mol. The molecule has 2 aromatic heterocycles. The Balaban J connectivity index is 1.39. The van der Waals surface area contributed by atoms with Crippen LogP contribution in [0.1, 0.15) is 10.4 Å². The molecule has 162 valence electrons. The van der Waals surface area contributed by atoms with Crippen molar-refractivity contribution < 1.29 is 18.8 Å². The van der Waals surface area contributed by atoms with Crippen LogP contribution in [0.15, 0.2) is 54.6 Å². The molecule has 12 heteroatoms. The zero-order chi connectivity index (χ0) is 22.7. The number of nitro groups is 1. The van der Waals surface area contributed by atoms with Crippen LogP contribution in [0.25, 0.3) is 17.0 Å². The van der Waals surface area contributed by atoms with E-state index in [0.717, 1.165) is 6.07 Å². The van der Waals surface area contributed by atoms with E-state index >= 15 is 0 Å². The highest BCUT2D eigenvalue weighted by Gasteiger charge is 2.15. The highest BCUT2D eigenvalue weighted by molar-refractivity contribution is 6.34. The van der Waals surface area contributed by atoms with Crippen molar-refractivity contribution in [2.24, 2.45) is 0 Å². The van der Waals surface area contributed by atoms with E-state index in [1.807, 2.05) is 0 Å². The van der Waals surface area contributed by atoms with Gasteiger partial charge in [0.25, 0.3) is 11.6 Å². The molecule has 0 unspecified atom stereocenters. The van der Waals surface area contributed by atoms with E-state index < -0.39 is 16.6 Å². The number of hydrogen-bond donors (Lipinski definition) is 1. The van der Waals surface area contributed by atoms with Gasteiger partial charge in [-0.05, 0) is 24.3 Å². The largest absolute Gasteiger partial charge is 0.475 e. The minimum Gasteiger partial charge on any atom is -0.475 e. The molecule has 32 heavy (non-hydrogen) atoms. The Morgan fingerprint density at radius 3 is 2.78 bits per heavy atom. The molecular formula is C20H14ClFN6O4. The zero-order valence-electron chi connectivity index (χ0n) is 16.2. The third kappa shape index (κ3) is 4.47. The molecule has 0 saturated carbocycles. The number of carbonyl (C=O) groups excluding carboxylic acids is 1. The molecule has 1 amide bonds. The maximum Gasteiger partial charge on any atom is 0.270 e. The second kappa shape index (κ2) is 8.94. The Labute approximate surface area is 184 Å². The Morgan fingerprint density at radius 2 is 2.03 bits per heavy atom. The average Bonchev–Trinajstić information content (AvgIpc) is 3.19. The van der Waals surface area contributed by atoms with Crippen molar-refractivity contribution in [1.82, 2.24) is 25.1 Å². The van der Waals surface area contributed by atoms with Crippen molar-refractivity contribution in [2.75, 3.05) is 13.2 Å². The number of nitrogens with zero attached hydrogens (tertiary/aromatic N) is 5. The number of fused-ring (bicyclic) bond motifs is 1. The van der Waals surface area contributed by atoms with Crippen LogP contribution in [0.2, 0.25) is 5.02 Å². The Hall–Kier alpha value is -4.12. The molecule has 1 N–H and O–H groups in total. The lowest BCUT2D eigenvalue weighted by Crippen LogP contribution is -2.28. The lowest BCUT2D eigenvalue weighted by molar-refractivity contribution is -0.384. The molecular weight excluding hydrogens is 443 g/mol. The standard InChI is InChI=1S/C20H14ClFN6O4/c21-16-11-14(28(30)31)4-5-15(16)20(29)23-8-9-32-18-7-6-17-24-25-19(27(17)26-18)12-2-1-3-13(22)10-12/h1-7,10-11H,8-9H2,(H,23,29). The van der Waals surface area contributed by atoms with Crippen molar-refractivity contribution in [3.63, 3.8) is 0 Å². The van der Waals surface area contributed by atoms with Crippen molar-refractivity contribution in [1.29, 1.82) is 0 Å². The summed E-state index contributed by atoms with van der Waals surface area (Å²) in [6.07, 6.45) is 0. The van der Waals surface area contributed by atoms with Crippen LogP contribution in [0, 0.1) is 15.9 Å². The molecule has 4 rings (SSSR count). The molecule has 4 aromatic rings. The van der Waals surface area contributed by atoms with Crippen LogP contribution in [0.5, 0.6) is 5.88 Å². The third-order valence-corrected chi connectivity index (χ3v) is 4.68. The number of ether oxygens (including phenoxy) is 1. The third-order valence-electron chi connectivity index (χ3n) is 4.37.